The van der Waals surface area contributed by atoms with E-state index in [0.29, 0.717) is 0 Å². The lowest BCUT2D eigenvalue weighted by molar-refractivity contribution is 0.586. The number of allylic oxidation sites excluding steroid dienone is 6. The molecule has 2 aromatic carbocycles. The van der Waals surface area contributed by atoms with Gasteiger partial charge < -0.3 is 10.2 Å². The van der Waals surface area contributed by atoms with Gasteiger partial charge in [0, 0.05) is 49.3 Å². The van der Waals surface area contributed by atoms with Gasteiger partial charge in [0.05, 0.1) is 22.9 Å². The number of benzene rings is 2. The monoisotopic (exact) mass is 514 g/mol. The molecule has 194 valence electrons. The van der Waals surface area contributed by atoms with Crippen LogP contribution in [0.4, 0.5) is 5.82 Å². The molecule has 0 saturated carbocycles. The van der Waals surface area contributed by atoms with Crippen LogP contribution < -0.4 is 21.1 Å². The minimum atomic E-state index is 0.747. The van der Waals surface area contributed by atoms with Gasteiger partial charge in [-0.05, 0) is 60.8 Å². The zero-order valence-corrected chi connectivity index (χ0v) is 22.3. The predicted octanol–water partition coefficient (Wildman–Crippen LogP) is 3.16. The highest BCUT2D eigenvalue weighted by molar-refractivity contribution is 6.69. The van der Waals surface area contributed by atoms with Gasteiger partial charge in [-0.15, -0.1) is 0 Å². The number of rotatable bonds is 7. The lowest BCUT2D eigenvalue weighted by atomic mass is 9.62. The molecule has 9 heteroatoms. The molecule has 1 aliphatic rings. The molecule has 39 heavy (non-hydrogen) atoms. The van der Waals surface area contributed by atoms with Crippen molar-refractivity contribution < 1.29 is 0 Å². The van der Waals surface area contributed by atoms with Gasteiger partial charge in [0.25, 0.3) is 0 Å². The van der Waals surface area contributed by atoms with E-state index in [-0.39, 0.29) is 0 Å². The molecule has 1 saturated heterocycles. The SMILES string of the molecule is C\C=C/C=C(\C=C/C)n1cc(Bc2ccc3[nH]ncc3c2-c2ccc3c(N4CCNCC4)ncnc3c2)cn1. The number of hydrogen-bond acceptors (Lipinski definition) is 6. The Labute approximate surface area is 228 Å². The molecule has 8 nitrogen and oxygen atoms in total. The van der Waals surface area contributed by atoms with Crippen molar-refractivity contribution in [3.8, 4) is 11.1 Å². The summed E-state index contributed by atoms with van der Waals surface area (Å²) in [5.74, 6) is 1.00. The second-order valence-electron chi connectivity index (χ2n) is 9.68. The van der Waals surface area contributed by atoms with E-state index in [1.807, 2.05) is 49.2 Å². The number of piperazine rings is 1. The van der Waals surface area contributed by atoms with E-state index in [0.717, 1.165) is 83.4 Å². The second-order valence-corrected chi connectivity index (χ2v) is 9.68. The Kier molecular flexibility index (Phi) is 7.06. The fourth-order valence-electron chi connectivity index (χ4n) is 5.26. The molecule has 0 amide bonds. The van der Waals surface area contributed by atoms with Gasteiger partial charge in [0.2, 0.25) is 0 Å². The first kappa shape index (κ1) is 24.8. The molecule has 1 fully saturated rings. The van der Waals surface area contributed by atoms with Gasteiger partial charge in [-0.25, -0.2) is 14.6 Å². The smallest absolute Gasteiger partial charge is 0.197 e. The van der Waals surface area contributed by atoms with E-state index < -0.39 is 0 Å². The van der Waals surface area contributed by atoms with Crippen molar-refractivity contribution in [3.63, 3.8) is 0 Å². The van der Waals surface area contributed by atoms with Crippen LogP contribution in [0.1, 0.15) is 13.8 Å². The quantitative estimate of drug-likeness (QED) is 0.256. The third-order valence-corrected chi connectivity index (χ3v) is 7.12. The van der Waals surface area contributed by atoms with E-state index in [4.69, 9.17) is 0 Å². The summed E-state index contributed by atoms with van der Waals surface area (Å²) in [6.45, 7) is 7.85. The maximum atomic E-state index is 4.66. The minimum absolute atomic E-state index is 0.747. The largest absolute Gasteiger partial charge is 0.353 e. The third kappa shape index (κ3) is 5.01. The number of nitrogens with zero attached hydrogens (tertiary/aromatic N) is 6. The summed E-state index contributed by atoms with van der Waals surface area (Å²) < 4.78 is 1.93. The minimum Gasteiger partial charge on any atom is -0.353 e. The number of nitrogens with one attached hydrogen (secondary N) is 2. The Balaban J connectivity index is 1.40. The Hall–Kier alpha value is -4.50. The molecule has 2 N–H and O–H groups in total. The first-order valence-electron chi connectivity index (χ1n) is 13.4. The molecular formula is C30H31BN8. The lowest BCUT2D eigenvalue weighted by Crippen LogP contribution is -2.44. The Bertz CT molecular complexity index is 1700. The van der Waals surface area contributed by atoms with Crippen LogP contribution in [0.2, 0.25) is 0 Å². The van der Waals surface area contributed by atoms with Crippen LogP contribution in [-0.4, -0.2) is 63.4 Å². The van der Waals surface area contributed by atoms with Crippen molar-refractivity contribution in [2.75, 3.05) is 31.1 Å². The molecular weight excluding hydrogens is 483 g/mol. The average Bonchev–Trinajstić information content (AvgIpc) is 3.65. The van der Waals surface area contributed by atoms with Crippen molar-refractivity contribution >= 4 is 51.5 Å². The van der Waals surface area contributed by atoms with E-state index >= 15 is 0 Å². The molecule has 0 bridgehead atoms. The molecule has 3 aromatic heterocycles. The van der Waals surface area contributed by atoms with Crippen LogP contribution in [0.3, 0.4) is 0 Å². The van der Waals surface area contributed by atoms with Crippen molar-refractivity contribution in [1.29, 1.82) is 0 Å². The third-order valence-electron chi connectivity index (χ3n) is 7.12. The summed E-state index contributed by atoms with van der Waals surface area (Å²) in [6.07, 6.45) is 17.8. The number of H-pyrrole nitrogens is 1. The molecule has 0 radical (unpaired) electrons. The zero-order chi connectivity index (χ0) is 26.6. The van der Waals surface area contributed by atoms with E-state index in [9.17, 15) is 0 Å². The molecule has 6 rings (SSSR count). The summed E-state index contributed by atoms with van der Waals surface area (Å²) in [6, 6.07) is 10.8. The average molecular weight is 514 g/mol. The molecule has 4 heterocycles. The Morgan fingerprint density at radius 2 is 1.90 bits per heavy atom. The van der Waals surface area contributed by atoms with Crippen LogP contribution in [0.5, 0.6) is 0 Å². The highest BCUT2D eigenvalue weighted by Gasteiger charge is 2.18. The predicted molar refractivity (Wildman–Crippen MR) is 162 cm³/mol. The summed E-state index contributed by atoms with van der Waals surface area (Å²) in [4.78, 5) is 11.6. The summed E-state index contributed by atoms with van der Waals surface area (Å²) >= 11 is 0. The van der Waals surface area contributed by atoms with Crippen molar-refractivity contribution in [3.05, 3.63) is 85.6 Å². The van der Waals surface area contributed by atoms with Crippen LogP contribution in [-0.2, 0) is 0 Å². The highest BCUT2D eigenvalue weighted by Crippen LogP contribution is 2.31. The van der Waals surface area contributed by atoms with Crippen LogP contribution in [0.15, 0.2) is 85.6 Å². The maximum Gasteiger partial charge on any atom is 0.197 e. The number of fused-ring (bicyclic) bond motifs is 2. The fourth-order valence-corrected chi connectivity index (χ4v) is 5.26. The highest BCUT2D eigenvalue weighted by atomic mass is 15.3. The molecule has 0 atom stereocenters. The topological polar surface area (TPSA) is 87.5 Å². The lowest BCUT2D eigenvalue weighted by Gasteiger charge is -2.29. The van der Waals surface area contributed by atoms with E-state index in [2.05, 4.69) is 84.2 Å². The van der Waals surface area contributed by atoms with Gasteiger partial charge in [-0.3, -0.25) is 5.10 Å². The summed E-state index contributed by atoms with van der Waals surface area (Å²) in [5.41, 5.74) is 7.60. The number of anilines is 1. The fraction of sp³-hybridized carbons (Fsp3) is 0.200. The van der Waals surface area contributed by atoms with Gasteiger partial charge in [-0.1, -0.05) is 35.8 Å². The summed E-state index contributed by atoms with van der Waals surface area (Å²) in [5, 5.41) is 17.7. The normalized spacial score (nSPS) is 14.8. The second kappa shape index (κ2) is 11.1. The van der Waals surface area contributed by atoms with Gasteiger partial charge in [-0.2, -0.15) is 10.2 Å². The van der Waals surface area contributed by atoms with Gasteiger partial charge in [0.1, 0.15) is 12.1 Å². The van der Waals surface area contributed by atoms with Gasteiger partial charge >= 0.3 is 0 Å². The molecule has 1 aliphatic heterocycles. The first-order chi connectivity index (χ1) is 19.2. The molecule has 0 spiro atoms. The first-order valence-corrected chi connectivity index (χ1v) is 13.4. The zero-order valence-electron chi connectivity index (χ0n) is 22.3. The van der Waals surface area contributed by atoms with E-state index in [1.165, 1.54) is 5.46 Å². The van der Waals surface area contributed by atoms with Crippen molar-refractivity contribution in [2.24, 2.45) is 0 Å². The van der Waals surface area contributed by atoms with E-state index in [1.54, 1.807) is 6.33 Å². The summed E-state index contributed by atoms with van der Waals surface area (Å²) in [7, 11) is 0.747. The Morgan fingerprint density at radius 3 is 2.74 bits per heavy atom. The van der Waals surface area contributed by atoms with Crippen LogP contribution in [0.25, 0.3) is 38.6 Å². The van der Waals surface area contributed by atoms with Crippen LogP contribution in [0, 0.1) is 0 Å². The number of aromatic nitrogens is 6. The number of hydrogen-bond donors (Lipinski definition) is 2. The maximum absolute atomic E-state index is 4.66. The van der Waals surface area contributed by atoms with Crippen molar-refractivity contribution in [1.82, 2.24) is 35.3 Å². The van der Waals surface area contributed by atoms with Crippen molar-refractivity contribution in [2.45, 2.75) is 13.8 Å². The standard InChI is InChI=1S/C30H31BN8/c1-3-5-7-23(6-4-2)39-19-22(17-36-39)31-26-10-11-27-25(18-35-37-27)29(26)21-8-9-24-28(16-21)33-20-34-30(24)38-14-12-32-13-15-38/h3-11,16-20,31-32H,12-15H2,1-2H3,(H,35,37)/b5-3-,6-4-,23-7+. The van der Waals surface area contributed by atoms with Crippen LogP contribution >= 0.6 is 0 Å². The number of aromatic amines is 1. The molecule has 0 unspecified atom stereocenters. The van der Waals surface area contributed by atoms with Gasteiger partial charge in [0.15, 0.2) is 7.28 Å². The Morgan fingerprint density at radius 1 is 1.00 bits per heavy atom. The molecule has 0 aliphatic carbocycles. The molecule has 5 aromatic rings.